The molecular formula is C8H5NOS. The van der Waals surface area contributed by atoms with Crippen molar-refractivity contribution in [3.63, 3.8) is 0 Å². The molecule has 0 aromatic carbocycles. The van der Waals surface area contributed by atoms with Crippen molar-refractivity contribution in [3.8, 4) is 10.6 Å². The number of fused-ring (bicyclic) bond motifs is 1. The zero-order chi connectivity index (χ0) is 7.68. The second kappa shape index (κ2) is 2.43. The molecule has 0 radical (unpaired) electrons. The third-order valence-corrected chi connectivity index (χ3v) is 2.28. The molecule has 0 spiro atoms. The summed E-state index contributed by atoms with van der Waals surface area (Å²) < 4.78 is 0. The van der Waals surface area contributed by atoms with E-state index < -0.39 is 0 Å². The molecule has 54 valence electrons. The summed E-state index contributed by atoms with van der Waals surface area (Å²) in [7, 11) is 0. The van der Waals surface area contributed by atoms with Crippen molar-refractivity contribution in [2.24, 2.45) is 0 Å². The molecule has 0 saturated carbocycles. The van der Waals surface area contributed by atoms with E-state index in [1.807, 2.05) is 11.4 Å². The van der Waals surface area contributed by atoms with Crippen molar-refractivity contribution in [1.29, 1.82) is 0 Å². The monoisotopic (exact) mass is 163 g/mol. The number of hydrogen-bond donors (Lipinski definition) is 0. The average Bonchev–Trinajstić information content (AvgIpc) is 2.06. The highest BCUT2D eigenvalue weighted by Crippen LogP contribution is 2.17. The molecule has 0 atom stereocenters. The summed E-state index contributed by atoms with van der Waals surface area (Å²) in [5.74, 6) is 0. The maximum atomic E-state index is 11.1. The van der Waals surface area contributed by atoms with Crippen molar-refractivity contribution in [3.05, 3.63) is 40.0 Å². The van der Waals surface area contributed by atoms with Crippen LogP contribution in [0.5, 0.6) is 0 Å². The van der Waals surface area contributed by atoms with E-state index in [4.69, 9.17) is 0 Å². The summed E-state index contributed by atoms with van der Waals surface area (Å²) in [5, 5.41) is 2.72. The Labute approximate surface area is 67.5 Å². The number of rotatable bonds is 0. The van der Waals surface area contributed by atoms with Crippen LogP contribution in [0.4, 0.5) is 0 Å². The van der Waals surface area contributed by atoms with Gasteiger partial charge in [0, 0.05) is 12.3 Å². The Hall–Kier alpha value is -1.22. The summed E-state index contributed by atoms with van der Waals surface area (Å²) in [6.07, 6.45) is 1.54. The first-order valence-electron chi connectivity index (χ1n) is 3.20. The summed E-state index contributed by atoms with van der Waals surface area (Å²) in [6.45, 7) is 0. The molecule has 0 aromatic rings. The van der Waals surface area contributed by atoms with Crippen LogP contribution >= 0.6 is 11.3 Å². The summed E-state index contributed by atoms with van der Waals surface area (Å²) in [6, 6.07) is 5.13. The first-order chi connectivity index (χ1) is 5.38. The van der Waals surface area contributed by atoms with E-state index in [9.17, 15) is 4.79 Å². The molecule has 3 heteroatoms. The van der Waals surface area contributed by atoms with Crippen LogP contribution in [0, 0.1) is 0 Å². The highest BCUT2D eigenvalue weighted by molar-refractivity contribution is 7.12. The largest absolute Gasteiger partial charge is 0.289 e. The Balaban J connectivity index is 2.90. The number of hydrogen-bond acceptors (Lipinski definition) is 3. The fraction of sp³-hybridized carbons (Fsp3) is 0. The van der Waals surface area contributed by atoms with Gasteiger partial charge in [-0.05, 0) is 11.4 Å². The van der Waals surface area contributed by atoms with E-state index >= 15 is 0 Å². The van der Waals surface area contributed by atoms with Gasteiger partial charge in [0.2, 0.25) is 0 Å². The molecule has 0 N–H and O–H groups in total. The van der Waals surface area contributed by atoms with Crippen molar-refractivity contribution in [2.45, 2.75) is 0 Å². The molecule has 0 unspecified atom stereocenters. The van der Waals surface area contributed by atoms with Crippen molar-refractivity contribution < 1.29 is 0 Å². The lowest BCUT2D eigenvalue weighted by Crippen LogP contribution is -2.03. The van der Waals surface area contributed by atoms with Crippen molar-refractivity contribution >= 4 is 11.3 Å². The Bertz CT molecular complexity index is 396. The normalized spacial score (nSPS) is 10.2. The van der Waals surface area contributed by atoms with Crippen molar-refractivity contribution in [2.75, 3.05) is 0 Å². The standard InChI is InChI=1S/C8H5NOS/c10-7-3-4-9-8-6(7)2-1-5-11-8/h1-5H. The third-order valence-electron chi connectivity index (χ3n) is 1.43. The Morgan fingerprint density at radius 1 is 1.36 bits per heavy atom. The van der Waals surface area contributed by atoms with Crippen LogP contribution in [-0.2, 0) is 0 Å². The fourth-order valence-electron chi connectivity index (χ4n) is 0.924. The van der Waals surface area contributed by atoms with Gasteiger partial charge in [-0.2, -0.15) is 0 Å². The van der Waals surface area contributed by atoms with Crippen LogP contribution in [0.1, 0.15) is 0 Å². The second-order valence-electron chi connectivity index (χ2n) is 2.14. The van der Waals surface area contributed by atoms with Gasteiger partial charge in [-0.3, -0.25) is 4.79 Å². The third kappa shape index (κ3) is 1.03. The molecule has 11 heavy (non-hydrogen) atoms. The van der Waals surface area contributed by atoms with E-state index in [0.29, 0.717) is 5.56 Å². The van der Waals surface area contributed by atoms with E-state index in [-0.39, 0.29) is 5.43 Å². The number of nitrogens with zero attached hydrogens (tertiary/aromatic N) is 1. The van der Waals surface area contributed by atoms with Gasteiger partial charge in [0.25, 0.3) is 0 Å². The van der Waals surface area contributed by atoms with Crippen LogP contribution in [0.3, 0.4) is 0 Å². The minimum Gasteiger partial charge on any atom is -0.289 e. The molecule has 2 aliphatic heterocycles. The first-order valence-corrected chi connectivity index (χ1v) is 4.08. The molecule has 0 aliphatic carbocycles. The van der Waals surface area contributed by atoms with Gasteiger partial charge < -0.3 is 0 Å². The highest BCUT2D eigenvalue weighted by atomic mass is 32.1. The number of aromatic nitrogens is 1. The quantitative estimate of drug-likeness (QED) is 0.590. The van der Waals surface area contributed by atoms with Crippen LogP contribution in [0.2, 0.25) is 0 Å². The van der Waals surface area contributed by atoms with Gasteiger partial charge in [0.1, 0.15) is 5.01 Å². The lowest BCUT2D eigenvalue weighted by atomic mass is 10.2. The molecule has 0 fully saturated rings. The Kier molecular flexibility index (Phi) is 1.43. The summed E-state index contributed by atoms with van der Waals surface area (Å²) >= 11 is 1.48. The topological polar surface area (TPSA) is 30.0 Å². The molecule has 2 heterocycles. The Morgan fingerprint density at radius 3 is 3.09 bits per heavy atom. The van der Waals surface area contributed by atoms with Gasteiger partial charge in [0.15, 0.2) is 5.43 Å². The Morgan fingerprint density at radius 2 is 2.27 bits per heavy atom. The first kappa shape index (κ1) is 6.49. The van der Waals surface area contributed by atoms with Gasteiger partial charge in [-0.25, -0.2) is 4.98 Å². The van der Waals surface area contributed by atoms with Gasteiger partial charge in [-0.1, -0.05) is 6.07 Å². The van der Waals surface area contributed by atoms with E-state index in [1.54, 1.807) is 12.3 Å². The molecule has 2 nitrogen and oxygen atoms in total. The summed E-state index contributed by atoms with van der Waals surface area (Å²) in [4.78, 5) is 15.2. The highest BCUT2D eigenvalue weighted by Gasteiger charge is 2.03. The average molecular weight is 163 g/mol. The second-order valence-corrected chi connectivity index (χ2v) is 3.04. The minimum atomic E-state index is 0.0480. The SMILES string of the molecule is O=c1ccnc2scccc1-2. The molecule has 0 aromatic heterocycles. The molecule has 2 aliphatic rings. The zero-order valence-electron chi connectivity index (χ0n) is 5.65. The smallest absolute Gasteiger partial charge is 0.190 e. The maximum absolute atomic E-state index is 11.1. The van der Waals surface area contributed by atoms with Gasteiger partial charge in [-0.15, -0.1) is 11.3 Å². The predicted molar refractivity (Wildman–Crippen MR) is 45.0 cm³/mol. The fourth-order valence-corrected chi connectivity index (χ4v) is 1.63. The molecule has 0 amide bonds. The molecular weight excluding hydrogens is 158 g/mol. The van der Waals surface area contributed by atoms with Crippen LogP contribution in [0.25, 0.3) is 10.6 Å². The maximum Gasteiger partial charge on any atom is 0.190 e. The molecule has 0 bridgehead atoms. The van der Waals surface area contributed by atoms with E-state index in [2.05, 4.69) is 4.98 Å². The van der Waals surface area contributed by atoms with Crippen LogP contribution in [0.15, 0.2) is 34.6 Å². The lowest BCUT2D eigenvalue weighted by Gasteiger charge is -1.97. The predicted octanol–water partition coefficient (Wildman–Crippen LogP) is 1.61. The number of pyridine rings is 1. The van der Waals surface area contributed by atoms with E-state index in [1.165, 1.54) is 17.4 Å². The molecule has 2 rings (SSSR count). The van der Waals surface area contributed by atoms with Crippen LogP contribution in [-0.4, -0.2) is 4.98 Å². The lowest BCUT2D eigenvalue weighted by molar-refractivity contribution is 1.33. The van der Waals surface area contributed by atoms with Gasteiger partial charge >= 0.3 is 0 Å². The van der Waals surface area contributed by atoms with Crippen LogP contribution < -0.4 is 5.43 Å². The van der Waals surface area contributed by atoms with Gasteiger partial charge in [0.05, 0.1) is 5.56 Å². The zero-order valence-corrected chi connectivity index (χ0v) is 6.47. The minimum absolute atomic E-state index is 0.0480. The van der Waals surface area contributed by atoms with Crippen molar-refractivity contribution in [1.82, 2.24) is 4.98 Å². The summed E-state index contributed by atoms with van der Waals surface area (Å²) in [5.41, 5.74) is 0.756. The molecule has 0 saturated heterocycles. The van der Waals surface area contributed by atoms with E-state index in [0.717, 1.165) is 5.01 Å².